The van der Waals surface area contributed by atoms with Crippen molar-refractivity contribution in [2.24, 2.45) is 5.90 Å². The lowest BCUT2D eigenvalue weighted by atomic mass is 10.2. The van der Waals surface area contributed by atoms with Gasteiger partial charge in [-0.15, -0.1) is 20.7 Å². The highest BCUT2D eigenvalue weighted by atomic mass is 35.5. The summed E-state index contributed by atoms with van der Waals surface area (Å²) in [6.45, 7) is 0. The minimum absolute atomic E-state index is 0.119. The number of fused-ring (bicyclic) bond motifs is 1. The number of urea groups is 1. The molecular formula is C19H14ClN5O7S3. The molecule has 2 aromatic carbocycles. The summed E-state index contributed by atoms with van der Waals surface area (Å²) >= 11 is 7.32. The van der Waals surface area contributed by atoms with E-state index in [0.717, 1.165) is 27.9 Å². The molecule has 0 radical (unpaired) electrons. The van der Waals surface area contributed by atoms with Crippen LogP contribution in [0.2, 0.25) is 4.34 Å². The molecule has 0 spiro atoms. The van der Waals surface area contributed by atoms with Crippen LogP contribution in [0, 0.1) is 0 Å². The Morgan fingerprint density at radius 3 is 2.51 bits per heavy atom. The Morgan fingerprint density at radius 1 is 1.11 bits per heavy atom. The van der Waals surface area contributed by atoms with E-state index < -0.39 is 27.3 Å². The van der Waals surface area contributed by atoms with Crippen molar-refractivity contribution < 1.29 is 22.5 Å². The molecule has 0 atom stereocenters. The number of benzene rings is 2. The van der Waals surface area contributed by atoms with Gasteiger partial charge in [0.05, 0.1) is 33.0 Å². The lowest BCUT2D eigenvalue weighted by Gasteiger charge is -2.10. The number of hydrogen-bond acceptors (Lipinski definition) is 10. The molecular weight excluding hydrogens is 542 g/mol. The van der Waals surface area contributed by atoms with Crippen LogP contribution in [0.25, 0.3) is 16.6 Å². The highest BCUT2D eigenvalue weighted by molar-refractivity contribution is 7.94. The molecule has 0 aliphatic heterocycles. The summed E-state index contributed by atoms with van der Waals surface area (Å²) in [4.78, 5) is 44.9. The standard InChI is InChI=1S/C19H14ClN5O7S3/c20-15-7-8-16(33-15)35(29,30)24-18(27)22-10-1-3-11(4-2-10)25-17(26)13-9-12(34-32-31-21)5-6-14(13)23-19(25)28/h1-9H,21H2,(H,23,28)(H2,22,24,27). The van der Waals surface area contributed by atoms with Gasteiger partial charge < -0.3 is 10.3 Å². The lowest BCUT2D eigenvalue weighted by Crippen LogP contribution is -2.34. The first-order valence-electron chi connectivity index (χ1n) is 9.37. The zero-order valence-electron chi connectivity index (χ0n) is 17.2. The summed E-state index contributed by atoms with van der Waals surface area (Å²) in [5.74, 6) is 4.82. The first-order chi connectivity index (χ1) is 16.7. The largest absolute Gasteiger partial charge is 0.333 e. The summed E-state index contributed by atoms with van der Waals surface area (Å²) in [5.41, 5.74) is -0.529. The summed E-state index contributed by atoms with van der Waals surface area (Å²) in [5, 5.41) is 2.57. The van der Waals surface area contributed by atoms with Gasteiger partial charge in [-0.3, -0.25) is 4.79 Å². The minimum atomic E-state index is -4.10. The van der Waals surface area contributed by atoms with Crippen LogP contribution in [0.1, 0.15) is 0 Å². The summed E-state index contributed by atoms with van der Waals surface area (Å²) in [6.07, 6.45) is 0. The Kier molecular flexibility index (Phi) is 7.27. The highest BCUT2D eigenvalue weighted by Crippen LogP contribution is 2.25. The molecule has 0 saturated carbocycles. The van der Waals surface area contributed by atoms with Gasteiger partial charge in [0, 0.05) is 10.6 Å². The van der Waals surface area contributed by atoms with Crippen molar-refractivity contribution >= 4 is 67.6 Å². The van der Waals surface area contributed by atoms with Crippen LogP contribution in [-0.2, 0) is 19.3 Å². The van der Waals surface area contributed by atoms with E-state index in [1.165, 1.54) is 48.5 Å². The maximum absolute atomic E-state index is 13.0. The fourth-order valence-electron chi connectivity index (χ4n) is 3.00. The predicted octanol–water partition coefficient (Wildman–Crippen LogP) is 2.73. The zero-order chi connectivity index (χ0) is 25.2. The van der Waals surface area contributed by atoms with Crippen molar-refractivity contribution in [3.05, 3.63) is 79.8 Å². The molecule has 182 valence electrons. The number of carbonyl (C=O) groups excluding carboxylic acids is 1. The van der Waals surface area contributed by atoms with E-state index in [4.69, 9.17) is 17.5 Å². The number of sulfonamides is 1. The predicted molar refractivity (Wildman–Crippen MR) is 131 cm³/mol. The fourth-order valence-corrected chi connectivity index (χ4v) is 5.80. The number of halogens is 1. The molecule has 0 saturated heterocycles. The van der Waals surface area contributed by atoms with Crippen LogP contribution in [0.15, 0.2) is 73.3 Å². The third kappa shape index (κ3) is 5.57. The second kappa shape index (κ2) is 10.2. The lowest BCUT2D eigenvalue weighted by molar-refractivity contribution is -0.195. The molecule has 12 nitrogen and oxygen atoms in total. The van der Waals surface area contributed by atoms with E-state index >= 15 is 0 Å². The molecule has 4 aromatic rings. The number of aromatic nitrogens is 2. The molecule has 2 aromatic heterocycles. The van der Waals surface area contributed by atoms with E-state index in [0.29, 0.717) is 10.4 Å². The smallest absolute Gasteiger partial charge is 0.307 e. The minimum Gasteiger partial charge on any atom is -0.307 e. The van der Waals surface area contributed by atoms with E-state index in [1.807, 2.05) is 4.72 Å². The van der Waals surface area contributed by atoms with E-state index in [-0.39, 0.29) is 25.3 Å². The van der Waals surface area contributed by atoms with Crippen molar-refractivity contribution in [2.75, 3.05) is 5.32 Å². The normalized spacial score (nSPS) is 11.5. The molecule has 5 N–H and O–H groups in total. The van der Waals surface area contributed by atoms with Crippen molar-refractivity contribution in [3.63, 3.8) is 0 Å². The van der Waals surface area contributed by atoms with Gasteiger partial charge in [0.15, 0.2) is 0 Å². The number of nitrogens with two attached hydrogens (primary N) is 1. The Hall–Kier alpha value is -3.18. The number of nitrogens with zero attached hydrogens (tertiary/aromatic N) is 1. The number of amides is 2. The summed E-state index contributed by atoms with van der Waals surface area (Å²) in [6, 6.07) is 11.9. The second-order valence-corrected chi connectivity index (χ2v) is 11.1. The van der Waals surface area contributed by atoms with Gasteiger partial charge in [0.25, 0.3) is 15.6 Å². The Balaban J connectivity index is 1.56. The Labute approximate surface area is 209 Å². The molecule has 2 amide bonds. The fraction of sp³-hybridized carbons (Fsp3) is 0. The second-order valence-electron chi connectivity index (χ2n) is 6.69. The number of aromatic amines is 1. The van der Waals surface area contributed by atoms with Crippen LogP contribution < -0.4 is 27.2 Å². The monoisotopic (exact) mass is 555 g/mol. The number of H-pyrrole nitrogens is 1. The van der Waals surface area contributed by atoms with E-state index in [1.54, 1.807) is 6.07 Å². The zero-order valence-corrected chi connectivity index (χ0v) is 20.4. The van der Waals surface area contributed by atoms with Crippen LogP contribution in [-0.4, -0.2) is 24.0 Å². The first kappa shape index (κ1) is 24.9. The maximum Gasteiger partial charge on any atom is 0.333 e. The number of hydrogen-bond donors (Lipinski definition) is 4. The molecule has 16 heteroatoms. The van der Waals surface area contributed by atoms with Gasteiger partial charge >= 0.3 is 11.7 Å². The van der Waals surface area contributed by atoms with Crippen molar-refractivity contribution in [1.82, 2.24) is 14.3 Å². The number of thiophene rings is 1. The van der Waals surface area contributed by atoms with Gasteiger partial charge in [-0.2, -0.15) is 5.90 Å². The van der Waals surface area contributed by atoms with Crippen LogP contribution in [0.4, 0.5) is 10.5 Å². The third-order valence-corrected chi connectivity index (χ3v) is 8.11. The van der Waals surface area contributed by atoms with Crippen LogP contribution in [0.5, 0.6) is 0 Å². The quantitative estimate of drug-likeness (QED) is 0.152. The Bertz CT molecular complexity index is 1630. The molecule has 35 heavy (non-hydrogen) atoms. The van der Waals surface area contributed by atoms with E-state index in [9.17, 15) is 22.8 Å². The average molecular weight is 556 g/mol. The van der Waals surface area contributed by atoms with E-state index in [2.05, 4.69) is 19.6 Å². The molecule has 2 heterocycles. The van der Waals surface area contributed by atoms with Crippen molar-refractivity contribution in [2.45, 2.75) is 9.10 Å². The Morgan fingerprint density at radius 2 is 1.86 bits per heavy atom. The van der Waals surface area contributed by atoms with Crippen LogP contribution in [0.3, 0.4) is 0 Å². The van der Waals surface area contributed by atoms with Crippen molar-refractivity contribution in [3.8, 4) is 5.69 Å². The molecule has 0 unspecified atom stereocenters. The molecule has 4 rings (SSSR count). The number of nitrogens with one attached hydrogen (secondary N) is 3. The van der Waals surface area contributed by atoms with Gasteiger partial charge in [-0.25, -0.2) is 27.3 Å². The highest BCUT2D eigenvalue weighted by Gasteiger charge is 2.20. The molecule has 0 fully saturated rings. The first-order valence-corrected chi connectivity index (χ1v) is 12.8. The average Bonchev–Trinajstić information content (AvgIpc) is 3.26. The number of carbonyl (C=O) groups is 1. The van der Waals surface area contributed by atoms with Gasteiger partial charge in [-0.1, -0.05) is 11.6 Å². The molecule has 0 bridgehead atoms. The number of anilines is 1. The van der Waals surface area contributed by atoms with Gasteiger partial charge in [0.1, 0.15) is 4.21 Å². The van der Waals surface area contributed by atoms with Crippen LogP contribution >= 0.6 is 35.0 Å². The number of rotatable bonds is 7. The summed E-state index contributed by atoms with van der Waals surface area (Å²) < 4.78 is 32.0. The third-order valence-electron chi connectivity index (χ3n) is 4.46. The molecule has 0 aliphatic carbocycles. The molecule has 0 aliphatic rings. The van der Waals surface area contributed by atoms with Gasteiger partial charge in [0.2, 0.25) is 0 Å². The topological polar surface area (TPSA) is 175 Å². The maximum atomic E-state index is 13.0. The SMILES string of the molecule is NOOSc1ccc2[nH]c(=O)n(-c3ccc(NC(=O)NS(=O)(=O)c4ccc(Cl)s4)cc3)c(=O)c2c1. The summed E-state index contributed by atoms with van der Waals surface area (Å²) in [7, 11) is -4.10. The van der Waals surface area contributed by atoms with Crippen molar-refractivity contribution in [1.29, 1.82) is 0 Å². The van der Waals surface area contributed by atoms with Gasteiger partial charge in [-0.05, 0) is 54.6 Å².